The van der Waals surface area contributed by atoms with Gasteiger partial charge < -0.3 is 15.6 Å². The van der Waals surface area contributed by atoms with Gasteiger partial charge in [-0.05, 0) is 41.5 Å². The van der Waals surface area contributed by atoms with Crippen molar-refractivity contribution in [3.8, 4) is 0 Å². The van der Waals surface area contributed by atoms with Crippen LogP contribution in [-0.4, -0.2) is 51.4 Å². The molecule has 2 amide bonds. The van der Waals surface area contributed by atoms with Gasteiger partial charge in [0.1, 0.15) is 17.2 Å². The van der Waals surface area contributed by atoms with Gasteiger partial charge in [0, 0.05) is 6.42 Å². The van der Waals surface area contributed by atoms with Crippen LogP contribution in [0.1, 0.15) is 48.0 Å². The first kappa shape index (κ1) is 16.9. The Bertz CT molecular complexity index is 408. The fourth-order valence-corrected chi connectivity index (χ4v) is 2.91. The lowest BCUT2D eigenvalue weighted by Crippen LogP contribution is -2.71. The van der Waals surface area contributed by atoms with E-state index in [4.69, 9.17) is 10.5 Å². The second kappa shape index (κ2) is 5.00. The van der Waals surface area contributed by atoms with E-state index in [1.807, 2.05) is 20.8 Å². The predicted molar refractivity (Wildman–Crippen MR) is 74.7 cm³/mol. The molecule has 0 aromatic carbocycles. The highest BCUT2D eigenvalue weighted by molar-refractivity contribution is 5.82. The number of ether oxygens (including phenoxy) is 1. The van der Waals surface area contributed by atoms with Crippen LogP contribution >= 0.6 is 0 Å². The molecule has 1 fully saturated rings. The van der Waals surface area contributed by atoms with Gasteiger partial charge in [0.25, 0.3) is 5.91 Å². The maximum absolute atomic E-state index is 12.7. The highest BCUT2D eigenvalue weighted by atomic mass is 16.6. The van der Waals surface area contributed by atoms with Crippen LogP contribution in [0.25, 0.3) is 0 Å². The average Bonchev–Trinajstić information content (AvgIpc) is 2.53. The van der Waals surface area contributed by atoms with Crippen molar-refractivity contribution in [3.05, 3.63) is 0 Å². The molecule has 0 aromatic rings. The summed E-state index contributed by atoms with van der Waals surface area (Å²) in [7, 11) is 0. The molecule has 1 rings (SSSR count). The number of hydrogen-bond acceptors (Lipinski definition) is 4. The fraction of sp³-hybridized carbons (Fsp3) is 0.857. The Morgan fingerprint density at radius 1 is 1.20 bits per heavy atom. The van der Waals surface area contributed by atoms with Crippen molar-refractivity contribution in [2.45, 2.75) is 71.2 Å². The SMILES string of the molecule is CC(C)(C)OC(=O)[N+]1(C(C)(C)C)CC[C@@H](O)[C@H]1C(N)=O. The summed E-state index contributed by atoms with van der Waals surface area (Å²) in [5.74, 6) is -0.671. The van der Waals surface area contributed by atoms with Crippen LogP contribution in [0.2, 0.25) is 0 Å². The Morgan fingerprint density at radius 3 is 2.05 bits per heavy atom. The van der Waals surface area contributed by atoms with E-state index in [1.165, 1.54) is 0 Å². The van der Waals surface area contributed by atoms with Gasteiger partial charge in [0.2, 0.25) is 6.04 Å². The molecule has 6 nitrogen and oxygen atoms in total. The normalized spacial score (nSPS) is 31.1. The molecule has 116 valence electrons. The third-order valence-corrected chi connectivity index (χ3v) is 3.82. The van der Waals surface area contributed by atoms with E-state index in [-0.39, 0.29) is 4.48 Å². The maximum Gasteiger partial charge on any atom is 0.517 e. The quantitative estimate of drug-likeness (QED) is 0.708. The lowest BCUT2D eigenvalue weighted by molar-refractivity contribution is -0.908. The van der Waals surface area contributed by atoms with Gasteiger partial charge in [-0.3, -0.25) is 4.79 Å². The number of primary amides is 1. The lowest BCUT2D eigenvalue weighted by Gasteiger charge is -2.45. The Morgan fingerprint density at radius 2 is 1.70 bits per heavy atom. The van der Waals surface area contributed by atoms with Crippen molar-refractivity contribution >= 4 is 12.0 Å². The molecule has 0 aliphatic carbocycles. The van der Waals surface area contributed by atoms with Crippen molar-refractivity contribution in [1.29, 1.82) is 0 Å². The molecule has 0 radical (unpaired) electrons. The van der Waals surface area contributed by atoms with Gasteiger partial charge >= 0.3 is 6.09 Å². The minimum absolute atomic E-state index is 0.263. The summed E-state index contributed by atoms with van der Waals surface area (Å²) in [5.41, 5.74) is 4.18. The highest BCUT2D eigenvalue weighted by Crippen LogP contribution is 2.38. The van der Waals surface area contributed by atoms with E-state index >= 15 is 0 Å². The van der Waals surface area contributed by atoms with E-state index in [0.29, 0.717) is 13.0 Å². The zero-order chi connectivity index (χ0) is 15.9. The van der Waals surface area contributed by atoms with Gasteiger partial charge in [0.05, 0.1) is 6.54 Å². The van der Waals surface area contributed by atoms with Crippen LogP contribution in [0.5, 0.6) is 0 Å². The van der Waals surface area contributed by atoms with E-state index in [9.17, 15) is 14.7 Å². The molecule has 1 saturated heterocycles. The average molecular weight is 287 g/mol. The Kier molecular flexibility index (Phi) is 4.23. The van der Waals surface area contributed by atoms with Gasteiger partial charge in [-0.25, -0.2) is 4.48 Å². The van der Waals surface area contributed by atoms with Crippen molar-refractivity contribution in [1.82, 2.24) is 0 Å². The molecule has 0 spiro atoms. The smallest absolute Gasteiger partial charge is 0.414 e. The van der Waals surface area contributed by atoms with Crippen LogP contribution in [-0.2, 0) is 9.53 Å². The number of hydrogen-bond donors (Lipinski definition) is 2. The number of rotatable bonds is 1. The molecule has 0 aromatic heterocycles. The van der Waals surface area contributed by atoms with Crippen LogP contribution < -0.4 is 5.73 Å². The summed E-state index contributed by atoms with van der Waals surface area (Å²) < 4.78 is 5.23. The number of carbonyl (C=O) groups excluding carboxylic acids is 2. The Hall–Kier alpha value is -1.14. The largest absolute Gasteiger partial charge is 0.517 e. The standard InChI is InChI=1S/C14H26N2O4/c1-13(2,3)16(12(19)20-14(4,5)6)8-7-9(17)10(16)11(15)18/h9-10,17H,7-8H2,1-6H3,(H-,15,18)/p+1/t9-,10+,16?/m1/s1. The summed E-state index contributed by atoms with van der Waals surface area (Å²) in [6.45, 7) is 11.2. The molecule has 1 heterocycles. The van der Waals surface area contributed by atoms with Crippen molar-refractivity contribution in [2.24, 2.45) is 5.73 Å². The lowest BCUT2D eigenvalue weighted by atomic mass is 9.98. The molecule has 1 aliphatic heterocycles. The van der Waals surface area contributed by atoms with Crippen molar-refractivity contribution in [2.75, 3.05) is 6.54 Å². The summed E-state index contributed by atoms with van der Waals surface area (Å²) in [4.78, 5) is 24.5. The first-order valence-corrected chi connectivity index (χ1v) is 6.92. The highest BCUT2D eigenvalue weighted by Gasteiger charge is 2.63. The van der Waals surface area contributed by atoms with Gasteiger partial charge in [0.15, 0.2) is 0 Å². The fourth-order valence-electron chi connectivity index (χ4n) is 2.91. The second-order valence-corrected chi connectivity index (χ2v) is 7.45. The predicted octanol–water partition coefficient (Wildman–Crippen LogP) is 1.16. The summed E-state index contributed by atoms with van der Waals surface area (Å²) in [6.07, 6.45) is -1.07. The van der Waals surface area contributed by atoms with Crippen molar-refractivity contribution < 1.29 is 23.9 Å². The molecule has 6 heteroatoms. The maximum atomic E-state index is 12.7. The summed E-state index contributed by atoms with van der Waals surface area (Å²) in [5, 5.41) is 10.1. The van der Waals surface area contributed by atoms with E-state index in [1.54, 1.807) is 20.8 Å². The summed E-state index contributed by atoms with van der Waals surface area (Å²) >= 11 is 0. The zero-order valence-corrected chi connectivity index (χ0v) is 13.3. The van der Waals surface area contributed by atoms with Gasteiger partial charge in [-0.15, -0.1) is 0 Å². The number of aliphatic hydroxyl groups excluding tert-OH is 1. The molecule has 3 N–H and O–H groups in total. The van der Waals surface area contributed by atoms with Crippen LogP contribution in [0.15, 0.2) is 0 Å². The number of carbonyl (C=O) groups is 2. The van der Waals surface area contributed by atoms with Crippen molar-refractivity contribution in [3.63, 3.8) is 0 Å². The monoisotopic (exact) mass is 287 g/mol. The molecule has 20 heavy (non-hydrogen) atoms. The molecular weight excluding hydrogens is 260 g/mol. The Balaban J connectivity index is 3.32. The second-order valence-electron chi connectivity index (χ2n) is 7.45. The minimum atomic E-state index is -0.968. The van der Waals surface area contributed by atoms with Gasteiger partial charge in [-0.2, -0.15) is 4.79 Å². The van der Waals surface area contributed by atoms with Gasteiger partial charge in [-0.1, -0.05) is 0 Å². The molecular formula is C14H27N2O4+. The Labute approximate surface area is 120 Å². The molecule has 0 bridgehead atoms. The topological polar surface area (TPSA) is 89.6 Å². The third-order valence-electron chi connectivity index (χ3n) is 3.82. The number of nitrogens with zero attached hydrogens (tertiary/aromatic N) is 1. The third kappa shape index (κ3) is 2.81. The molecule has 1 unspecified atom stereocenters. The van der Waals surface area contributed by atoms with E-state index < -0.39 is 35.3 Å². The summed E-state index contributed by atoms with van der Waals surface area (Å²) in [6, 6.07) is -0.968. The van der Waals surface area contributed by atoms with Crippen LogP contribution in [0.4, 0.5) is 4.79 Å². The zero-order valence-electron chi connectivity index (χ0n) is 13.3. The van der Waals surface area contributed by atoms with E-state index in [2.05, 4.69) is 0 Å². The van der Waals surface area contributed by atoms with Crippen LogP contribution in [0.3, 0.4) is 0 Å². The molecule has 1 aliphatic rings. The number of likely N-dealkylation sites (tertiary alicyclic amines) is 1. The number of quaternary nitrogens is 1. The first-order chi connectivity index (χ1) is 8.83. The molecule has 3 atom stereocenters. The van der Waals surface area contributed by atoms with Crippen LogP contribution in [0, 0.1) is 0 Å². The first-order valence-electron chi connectivity index (χ1n) is 6.92. The minimum Gasteiger partial charge on any atom is -0.414 e. The number of nitrogens with two attached hydrogens (primary N) is 1. The molecule has 0 saturated carbocycles. The number of amides is 2. The number of aliphatic hydroxyl groups is 1. The van der Waals surface area contributed by atoms with E-state index in [0.717, 1.165) is 0 Å².